The number of hydrogen-bond donors (Lipinski definition) is 1. The quantitative estimate of drug-likeness (QED) is 0.906. The Morgan fingerprint density at radius 2 is 2.29 bits per heavy atom. The summed E-state index contributed by atoms with van der Waals surface area (Å²) in [5.41, 5.74) is 0.903. The van der Waals surface area contributed by atoms with E-state index in [1.807, 2.05) is 6.92 Å². The van der Waals surface area contributed by atoms with Crippen molar-refractivity contribution in [1.29, 1.82) is 0 Å². The van der Waals surface area contributed by atoms with Crippen LogP contribution in [0.5, 0.6) is 0 Å². The predicted molar refractivity (Wildman–Crippen MR) is 73.9 cm³/mol. The lowest BCUT2D eigenvalue weighted by molar-refractivity contribution is -0.141. The number of urea groups is 1. The molecule has 1 aromatic heterocycles. The summed E-state index contributed by atoms with van der Waals surface area (Å²) >= 11 is 0. The molecule has 1 fully saturated rings. The number of carbonyl (C=O) groups is 2. The molecule has 2 atom stereocenters. The van der Waals surface area contributed by atoms with Gasteiger partial charge in [-0.3, -0.25) is 0 Å². The summed E-state index contributed by atoms with van der Waals surface area (Å²) in [5.74, 6) is -0.253. The van der Waals surface area contributed by atoms with Gasteiger partial charge in [0.25, 0.3) is 0 Å². The highest BCUT2D eigenvalue weighted by atomic mass is 16.5. The Bertz CT molecular complexity index is 527. The van der Waals surface area contributed by atoms with E-state index in [0.717, 1.165) is 11.3 Å². The molecule has 1 N–H and O–H groups in total. The first-order valence-corrected chi connectivity index (χ1v) is 6.74. The molecule has 2 rings (SSSR count). The van der Waals surface area contributed by atoms with Gasteiger partial charge in [-0.25, -0.2) is 9.59 Å². The number of carboxylic acids is 1. The molecule has 0 saturated carbocycles. The first kappa shape index (κ1) is 15.4. The Hall–Kier alpha value is -2.02. The van der Waals surface area contributed by atoms with Gasteiger partial charge in [-0.15, -0.1) is 0 Å². The molecule has 2 amide bonds. The van der Waals surface area contributed by atoms with Crippen LogP contribution in [0.3, 0.4) is 0 Å². The second-order valence-electron chi connectivity index (χ2n) is 5.24. The highest BCUT2D eigenvalue weighted by molar-refractivity contribution is 5.83. The van der Waals surface area contributed by atoms with E-state index in [4.69, 9.17) is 9.15 Å². The number of hydrogen-bond acceptors (Lipinski definition) is 4. The number of ether oxygens (including phenoxy) is 1. The number of nitrogens with zero attached hydrogens (tertiary/aromatic N) is 2. The van der Waals surface area contributed by atoms with Gasteiger partial charge in [0.2, 0.25) is 0 Å². The molecule has 1 aliphatic rings. The molecule has 0 radical (unpaired) electrons. The number of amides is 2. The highest BCUT2D eigenvalue weighted by Gasteiger charge is 2.40. The summed E-state index contributed by atoms with van der Waals surface area (Å²) in [5, 5.41) is 9.25. The van der Waals surface area contributed by atoms with Gasteiger partial charge in [0.1, 0.15) is 11.8 Å². The van der Waals surface area contributed by atoms with E-state index in [2.05, 4.69) is 0 Å². The van der Waals surface area contributed by atoms with E-state index < -0.39 is 12.0 Å². The Labute approximate surface area is 123 Å². The fourth-order valence-corrected chi connectivity index (χ4v) is 2.53. The number of rotatable bonds is 4. The van der Waals surface area contributed by atoms with Crippen molar-refractivity contribution in [1.82, 2.24) is 9.80 Å². The third kappa shape index (κ3) is 3.18. The molecule has 2 unspecified atom stereocenters. The van der Waals surface area contributed by atoms with Gasteiger partial charge in [0, 0.05) is 32.7 Å². The second-order valence-corrected chi connectivity index (χ2v) is 5.24. The minimum atomic E-state index is -1.00. The van der Waals surface area contributed by atoms with Crippen molar-refractivity contribution < 1.29 is 23.8 Å². The first-order valence-electron chi connectivity index (χ1n) is 6.74. The molecule has 1 saturated heterocycles. The van der Waals surface area contributed by atoms with Gasteiger partial charge in [0.15, 0.2) is 0 Å². The molecule has 7 nitrogen and oxygen atoms in total. The molecular formula is C14H20N2O5. The number of methoxy groups -OCH3 is 1. The van der Waals surface area contributed by atoms with Crippen molar-refractivity contribution in [2.75, 3.05) is 20.7 Å². The fourth-order valence-electron chi connectivity index (χ4n) is 2.53. The average molecular weight is 296 g/mol. The maximum absolute atomic E-state index is 12.5. The van der Waals surface area contributed by atoms with E-state index in [1.165, 1.54) is 16.9 Å². The summed E-state index contributed by atoms with van der Waals surface area (Å²) < 4.78 is 10.4. The van der Waals surface area contributed by atoms with Gasteiger partial charge in [-0.1, -0.05) is 0 Å². The van der Waals surface area contributed by atoms with Crippen LogP contribution in [0.4, 0.5) is 4.79 Å². The van der Waals surface area contributed by atoms with Gasteiger partial charge < -0.3 is 24.1 Å². The normalized spacial score (nSPS) is 21.6. The van der Waals surface area contributed by atoms with Gasteiger partial charge in [0.05, 0.1) is 18.9 Å². The Balaban J connectivity index is 2.07. The zero-order valence-electron chi connectivity index (χ0n) is 12.4. The molecule has 1 aliphatic heterocycles. The maximum Gasteiger partial charge on any atom is 0.326 e. The van der Waals surface area contributed by atoms with E-state index in [-0.39, 0.29) is 12.1 Å². The topological polar surface area (TPSA) is 83.2 Å². The number of aryl methyl sites for hydroxylation is 1. The van der Waals surface area contributed by atoms with Crippen molar-refractivity contribution in [3.05, 3.63) is 23.7 Å². The molecule has 0 aromatic carbocycles. The van der Waals surface area contributed by atoms with Crippen molar-refractivity contribution in [2.45, 2.75) is 32.0 Å². The average Bonchev–Trinajstić information content (AvgIpc) is 3.05. The van der Waals surface area contributed by atoms with Crippen molar-refractivity contribution in [3.8, 4) is 0 Å². The SMILES string of the molecule is COC1CC(C(=O)O)N(C(=O)N(C)Cc2ccoc2C)C1. The van der Waals surface area contributed by atoms with E-state index in [9.17, 15) is 14.7 Å². The van der Waals surface area contributed by atoms with Crippen LogP contribution in [0.25, 0.3) is 0 Å². The minimum Gasteiger partial charge on any atom is -0.480 e. The van der Waals surface area contributed by atoms with Crippen LogP contribution in [0, 0.1) is 6.92 Å². The Kier molecular flexibility index (Phi) is 4.52. The van der Waals surface area contributed by atoms with Crippen molar-refractivity contribution >= 4 is 12.0 Å². The van der Waals surface area contributed by atoms with Crippen LogP contribution in [0.1, 0.15) is 17.7 Å². The lowest BCUT2D eigenvalue weighted by atomic mass is 10.2. The highest BCUT2D eigenvalue weighted by Crippen LogP contribution is 2.22. The number of carboxylic acid groups (broad SMARTS) is 1. The van der Waals surface area contributed by atoms with Gasteiger partial charge in [-0.2, -0.15) is 0 Å². The zero-order valence-corrected chi connectivity index (χ0v) is 12.4. The molecular weight excluding hydrogens is 276 g/mol. The second kappa shape index (κ2) is 6.17. The van der Waals surface area contributed by atoms with E-state index in [0.29, 0.717) is 19.5 Å². The molecule has 2 heterocycles. The van der Waals surface area contributed by atoms with Crippen LogP contribution in [0.15, 0.2) is 16.7 Å². The standard InChI is InChI=1S/C14H20N2O5/c1-9-10(4-5-21-9)7-15(2)14(19)16-8-11(20-3)6-12(16)13(17)18/h4-5,11-12H,6-8H2,1-3H3,(H,17,18). The number of aliphatic carboxylic acids is 1. The van der Waals surface area contributed by atoms with Crippen molar-refractivity contribution in [2.24, 2.45) is 0 Å². The Morgan fingerprint density at radius 3 is 2.81 bits per heavy atom. The van der Waals surface area contributed by atoms with Crippen LogP contribution in [0.2, 0.25) is 0 Å². The Morgan fingerprint density at radius 1 is 1.57 bits per heavy atom. The lowest BCUT2D eigenvalue weighted by Crippen LogP contribution is -2.46. The summed E-state index contributed by atoms with van der Waals surface area (Å²) in [7, 11) is 3.17. The largest absolute Gasteiger partial charge is 0.480 e. The third-order valence-corrected chi connectivity index (χ3v) is 3.83. The number of carbonyl (C=O) groups excluding carboxylic acids is 1. The molecule has 0 aliphatic carbocycles. The fraction of sp³-hybridized carbons (Fsp3) is 0.571. The van der Waals surface area contributed by atoms with Crippen LogP contribution in [-0.2, 0) is 16.1 Å². The van der Waals surface area contributed by atoms with Crippen molar-refractivity contribution in [3.63, 3.8) is 0 Å². The molecule has 0 bridgehead atoms. The summed E-state index contributed by atoms with van der Waals surface area (Å²) in [4.78, 5) is 26.6. The van der Waals surface area contributed by atoms with E-state index >= 15 is 0 Å². The number of likely N-dealkylation sites (tertiary alicyclic amines) is 1. The monoisotopic (exact) mass is 296 g/mol. The summed E-state index contributed by atoms with van der Waals surface area (Å²) in [6.45, 7) is 2.49. The summed E-state index contributed by atoms with van der Waals surface area (Å²) in [6.07, 6.45) is 1.65. The van der Waals surface area contributed by atoms with Gasteiger partial charge in [-0.05, 0) is 13.0 Å². The minimum absolute atomic E-state index is 0.237. The maximum atomic E-state index is 12.5. The smallest absolute Gasteiger partial charge is 0.326 e. The molecule has 1 aromatic rings. The van der Waals surface area contributed by atoms with Crippen LogP contribution < -0.4 is 0 Å². The lowest BCUT2D eigenvalue weighted by Gasteiger charge is -2.27. The van der Waals surface area contributed by atoms with Crippen LogP contribution in [-0.4, -0.2) is 59.8 Å². The molecule has 21 heavy (non-hydrogen) atoms. The molecule has 116 valence electrons. The zero-order chi connectivity index (χ0) is 15.6. The first-order chi connectivity index (χ1) is 9.93. The summed E-state index contributed by atoms with van der Waals surface area (Å²) in [6, 6.07) is 0.647. The number of furan rings is 1. The molecule has 0 spiro atoms. The third-order valence-electron chi connectivity index (χ3n) is 3.83. The van der Waals surface area contributed by atoms with Crippen LogP contribution >= 0.6 is 0 Å². The van der Waals surface area contributed by atoms with E-state index in [1.54, 1.807) is 19.4 Å². The van der Waals surface area contributed by atoms with Gasteiger partial charge >= 0.3 is 12.0 Å². The predicted octanol–water partition coefficient (Wildman–Crippen LogP) is 1.31. The molecule has 7 heteroatoms.